The summed E-state index contributed by atoms with van der Waals surface area (Å²) >= 11 is 1.40. The second kappa shape index (κ2) is 9.12. The van der Waals surface area contributed by atoms with E-state index in [-0.39, 0.29) is 6.61 Å². The van der Waals surface area contributed by atoms with Gasteiger partial charge in [0.05, 0.1) is 21.3 Å². The lowest BCUT2D eigenvalue weighted by atomic mass is 9.95. The summed E-state index contributed by atoms with van der Waals surface area (Å²) in [4.78, 5) is 37.4. The average molecular weight is 475 g/mol. The summed E-state index contributed by atoms with van der Waals surface area (Å²) in [5.74, 6) is -0.921. The number of pyridine rings is 1. The number of hydrogen-bond acceptors (Lipinski definition) is 7. The predicted octanol–water partition coefficient (Wildman–Crippen LogP) is 4.71. The minimum atomic E-state index is -0.504. The lowest BCUT2D eigenvalue weighted by Crippen LogP contribution is -2.37. The average Bonchev–Trinajstić information content (AvgIpc) is 3.21. The SMILES string of the molecule is Cc1ccc2nc(NC(=O)COC(=O)c3c4c(nc5ccccc35)CCN(C(C)C)C4)sc2c1. The summed E-state index contributed by atoms with van der Waals surface area (Å²) in [6, 6.07) is 13.9. The first-order chi connectivity index (χ1) is 16.4. The number of esters is 1. The highest BCUT2D eigenvalue weighted by atomic mass is 32.1. The summed E-state index contributed by atoms with van der Waals surface area (Å²) in [6.07, 6.45) is 0.774. The molecule has 1 aliphatic rings. The van der Waals surface area contributed by atoms with Gasteiger partial charge >= 0.3 is 5.97 Å². The van der Waals surface area contributed by atoms with Crippen LogP contribution in [-0.4, -0.2) is 45.9 Å². The van der Waals surface area contributed by atoms with Crippen LogP contribution in [0.1, 0.15) is 41.0 Å². The third-order valence-electron chi connectivity index (χ3n) is 6.14. The van der Waals surface area contributed by atoms with Crippen molar-refractivity contribution >= 4 is 49.5 Å². The Morgan fingerprint density at radius 3 is 2.79 bits per heavy atom. The van der Waals surface area contributed by atoms with Crippen LogP contribution in [0.4, 0.5) is 5.13 Å². The predicted molar refractivity (Wildman–Crippen MR) is 134 cm³/mol. The first-order valence-corrected chi connectivity index (χ1v) is 12.2. The molecule has 0 saturated carbocycles. The number of benzene rings is 2. The number of amides is 1. The number of nitrogens with zero attached hydrogens (tertiary/aromatic N) is 3. The molecule has 1 amide bonds. The highest BCUT2D eigenvalue weighted by Crippen LogP contribution is 2.30. The van der Waals surface area contributed by atoms with Crippen LogP contribution in [0, 0.1) is 6.92 Å². The Hall–Kier alpha value is -3.36. The van der Waals surface area contributed by atoms with Gasteiger partial charge < -0.3 is 4.74 Å². The molecule has 2 aromatic carbocycles. The maximum Gasteiger partial charge on any atom is 0.339 e. The smallest absolute Gasteiger partial charge is 0.339 e. The number of hydrogen-bond donors (Lipinski definition) is 1. The molecule has 8 heteroatoms. The van der Waals surface area contributed by atoms with E-state index in [0.29, 0.717) is 23.3 Å². The van der Waals surface area contributed by atoms with Crippen LogP contribution >= 0.6 is 11.3 Å². The summed E-state index contributed by atoms with van der Waals surface area (Å²) in [7, 11) is 0. The minimum absolute atomic E-state index is 0.354. The third kappa shape index (κ3) is 4.38. The molecule has 7 nitrogen and oxygen atoms in total. The second-order valence-corrected chi connectivity index (χ2v) is 9.89. The number of carbonyl (C=O) groups is 2. The molecule has 0 unspecified atom stereocenters. The molecule has 3 heterocycles. The van der Waals surface area contributed by atoms with Crippen LogP contribution in [0.15, 0.2) is 42.5 Å². The number of carbonyl (C=O) groups excluding carboxylic acids is 2. The molecule has 174 valence electrons. The summed E-state index contributed by atoms with van der Waals surface area (Å²) in [6.45, 7) is 7.45. The first-order valence-electron chi connectivity index (χ1n) is 11.4. The first kappa shape index (κ1) is 22.4. The Labute approximate surface area is 201 Å². The van der Waals surface area contributed by atoms with Gasteiger partial charge in [-0.25, -0.2) is 9.78 Å². The van der Waals surface area contributed by atoms with Gasteiger partial charge in [-0.2, -0.15) is 0 Å². The van der Waals surface area contributed by atoms with Gasteiger partial charge in [0.2, 0.25) is 0 Å². The topological polar surface area (TPSA) is 84.4 Å². The highest BCUT2D eigenvalue weighted by Gasteiger charge is 2.28. The molecular formula is C26H26N4O3S. The minimum Gasteiger partial charge on any atom is -0.452 e. The Morgan fingerprint density at radius 2 is 1.97 bits per heavy atom. The molecule has 1 aliphatic heterocycles. The molecular weight excluding hydrogens is 448 g/mol. The van der Waals surface area contributed by atoms with E-state index in [0.717, 1.165) is 50.9 Å². The Morgan fingerprint density at radius 1 is 1.15 bits per heavy atom. The number of para-hydroxylation sites is 1. The number of rotatable bonds is 5. The van der Waals surface area contributed by atoms with Gasteiger partial charge in [0.1, 0.15) is 0 Å². The van der Waals surface area contributed by atoms with Crippen LogP contribution in [0.25, 0.3) is 21.1 Å². The van der Waals surface area contributed by atoms with Crippen molar-refractivity contribution in [3.05, 3.63) is 64.8 Å². The molecule has 0 aliphatic carbocycles. The summed E-state index contributed by atoms with van der Waals surface area (Å²) in [5, 5.41) is 3.99. The third-order valence-corrected chi connectivity index (χ3v) is 7.07. The zero-order valence-electron chi connectivity index (χ0n) is 19.4. The van der Waals surface area contributed by atoms with Crippen molar-refractivity contribution < 1.29 is 14.3 Å². The molecule has 4 aromatic rings. The fourth-order valence-electron chi connectivity index (χ4n) is 4.33. The number of nitrogens with one attached hydrogen (secondary N) is 1. The van der Waals surface area contributed by atoms with Crippen LogP contribution < -0.4 is 5.32 Å². The van der Waals surface area contributed by atoms with Gasteiger partial charge in [-0.3, -0.25) is 20.0 Å². The van der Waals surface area contributed by atoms with Crippen molar-refractivity contribution in [1.82, 2.24) is 14.9 Å². The molecule has 0 radical (unpaired) electrons. The lowest BCUT2D eigenvalue weighted by Gasteiger charge is -2.32. The second-order valence-electron chi connectivity index (χ2n) is 8.86. The molecule has 1 N–H and O–H groups in total. The molecule has 0 spiro atoms. The summed E-state index contributed by atoms with van der Waals surface area (Å²) < 4.78 is 6.50. The quantitative estimate of drug-likeness (QED) is 0.422. The van der Waals surface area contributed by atoms with E-state index in [4.69, 9.17) is 9.72 Å². The van der Waals surface area contributed by atoms with E-state index in [2.05, 4.69) is 29.0 Å². The maximum absolute atomic E-state index is 13.3. The molecule has 0 saturated heterocycles. The van der Waals surface area contributed by atoms with Gasteiger partial charge in [0.25, 0.3) is 5.91 Å². The van der Waals surface area contributed by atoms with Crippen molar-refractivity contribution in [3.63, 3.8) is 0 Å². The monoisotopic (exact) mass is 474 g/mol. The number of anilines is 1. The van der Waals surface area contributed by atoms with Crippen molar-refractivity contribution in [3.8, 4) is 0 Å². The number of aromatic nitrogens is 2. The highest BCUT2D eigenvalue weighted by molar-refractivity contribution is 7.22. The molecule has 0 atom stereocenters. The Bertz CT molecular complexity index is 1410. The van der Waals surface area contributed by atoms with Gasteiger partial charge in [-0.05, 0) is 44.5 Å². The van der Waals surface area contributed by atoms with Gasteiger partial charge in [-0.15, -0.1) is 0 Å². The van der Waals surface area contributed by atoms with Crippen molar-refractivity contribution in [2.75, 3.05) is 18.5 Å². The van der Waals surface area contributed by atoms with E-state index < -0.39 is 11.9 Å². The molecule has 5 rings (SSSR count). The van der Waals surface area contributed by atoms with Crippen molar-refractivity contribution in [1.29, 1.82) is 0 Å². The van der Waals surface area contributed by atoms with E-state index >= 15 is 0 Å². The van der Waals surface area contributed by atoms with E-state index in [1.165, 1.54) is 11.3 Å². The molecule has 0 bridgehead atoms. The number of aryl methyl sites for hydroxylation is 1. The lowest BCUT2D eigenvalue weighted by molar-refractivity contribution is -0.119. The normalized spacial score (nSPS) is 13.9. The zero-order chi connectivity index (χ0) is 23.8. The number of ether oxygens (including phenoxy) is 1. The van der Waals surface area contributed by atoms with E-state index in [9.17, 15) is 9.59 Å². The van der Waals surface area contributed by atoms with Crippen LogP contribution in [-0.2, 0) is 22.5 Å². The Kier molecular flexibility index (Phi) is 6.02. The van der Waals surface area contributed by atoms with E-state index in [1.54, 1.807) is 0 Å². The van der Waals surface area contributed by atoms with Gasteiger partial charge in [-0.1, -0.05) is 35.6 Å². The largest absolute Gasteiger partial charge is 0.452 e. The van der Waals surface area contributed by atoms with Crippen molar-refractivity contribution in [2.24, 2.45) is 0 Å². The molecule has 34 heavy (non-hydrogen) atoms. The molecule has 2 aromatic heterocycles. The van der Waals surface area contributed by atoms with Crippen molar-refractivity contribution in [2.45, 2.75) is 39.8 Å². The fourth-order valence-corrected chi connectivity index (χ4v) is 5.31. The van der Waals surface area contributed by atoms with Gasteiger partial charge in [0, 0.05) is 42.2 Å². The molecule has 0 fully saturated rings. The fraction of sp³-hybridized carbons (Fsp3) is 0.308. The number of fused-ring (bicyclic) bond motifs is 3. The Balaban J connectivity index is 1.36. The zero-order valence-corrected chi connectivity index (χ0v) is 20.2. The van der Waals surface area contributed by atoms with Crippen LogP contribution in [0.2, 0.25) is 0 Å². The maximum atomic E-state index is 13.3. The van der Waals surface area contributed by atoms with E-state index in [1.807, 2.05) is 49.4 Å². The summed E-state index contributed by atoms with van der Waals surface area (Å²) in [5.41, 5.74) is 5.05. The van der Waals surface area contributed by atoms with Crippen LogP contribution in [0.3, 0.4) is 0 Å². The van der Waals surface area contributed by atoms with Gasteiger partial charge in [0.15, 0.2) is 11.7 Å². The standard InChI is InChI=1S/C26H26N4O3S/c1-15(2)30-11-10-20-18(13-30)24(17-6-4-5-7-19(17)27-20)25(32)33-14-23(31)29-26-28-21-9-8-16(3)12-22(21)34-26/h4-9,12,15H,10-11,13-14H2,1-3H3,(H,28,29,31). The number of thiazole rings is 1. The van der Waals surface area contributed by atoms with Crippen LogP contribution in [0.5, 0.6) is 0 Å².